The summed E-state index contributed by atoms with van der Waals surface area (Å²) in [5.41, 5.74) is 2.83. The molecule has 0 bridgehead atoms. The highest BCUT2D eigenvalue weighted by atomic mass is 16.5. The van der Waals surface area contributed by atoms with Gasteiger partial charge in [0.05, 0.1) is 19.8 Å². The molecule has 0 aliphatic heterocycles. The lowest BCUT2D eigenvalue weighted by Gasteiger charge is -2.08. The predicted octanol–water partition coefficient (Wildman–Crippen LogP) is 3.51. The molecule has 3 rings (SSSR count). The first-order valence-electron chi connectivity index (χ1n) is 7.35. The Morgan fingerprint density at radius 2 is 1.87 bits per heavy atom. The van der Waals surface area contributed by atoms with Crippen LogP contribution in [0.2, 0.25) is 0 Å². The van der Waals surface area contributed by atoms with Crippen LogP contribution in [0, 0.1) is 0 Å². The second-order valence-electron chi connectivity index (χ2n) is 5.28. The number of hydrogen-bond donors (Lipinski definition) is 1. The molecule has 0 aliphatic rings. The smallest absolute Gasteiger partial charge is 0.340 e. The average Bonchev–Trinajstić information content (AvgIpc) is 3.05. The van der Waals surface area contributed by atoms with Crippen molar-refractivity contribution in [2.45, 2.75) is 12.8 Å². The van der Waals surface area contributed by atoms with Crippen molar-refractivity contribution in [2.75, 3.05) is 14.2 Å². The minimum Gasteiger partial charge on any atom is -0.494 e. The Morgan fingerprint density at radius 3 is 2.52 bits per heavy atom. The highest BCUT2D eigenvalue weighted by molar-refractivity contribution is 6.03. The first kappa shape index (κ1) is 15.1. The van der Waals surface area contributed by atoms with Crippen molar-refractivity contribution < 1.29 is 14.3 Å². The normalized spacial score (nSPS) is 12.1. The Hall–Kier alpha value is -2.82. The molecule has 0 amide bonds. The quantitative estimate of drug-likeness (QED) is 0.749. The predicted molar refractivity (Wildman–Crippen MR) is 87.9 cm³/mol. The van der Waals surface area contributed by atoms with E-state index in [0.29, 0.717) is 22.3 Å². The van der Waals surface area contributed by atoms with Crippen LogP contribution in [-0.2, 0) is 4.74 Å². The number of rotatable bonds is 4. The van der Waals surface area contributed by atoms with Crippen LogP contribution in [0.4, 0.5) is 0 Å². The third-order valence-electron chi connectivity index (χ3n) is 3.96. The summed E-state index contributed by atoms with van der Waals surface area (Å²) in [7, 11) is 2.95. The molecule has 5 heteroatoms. The Kier molecular flexibility index (Phi) is 4.02. The summed E-state index contributed by atoms with van der Waals surface area (Å²) in [4.78, 5) is 19.9. The van der Waals surface area contributed by atoms with Crippen LogP contribution < -0.4 is 4.74 Å². The molecule has 0 spiro atoms. The van der Waals surface area contributed by atoms with Crippen LogP contribution >= 0.6 is 0 Å². The first-order valence-corrected chi connectivity index (χ1v) is 7.35. The summed E-state index contributed by atoms with van der Waals surface area (Å²) < 4.78 is 10.2. The van der Waals surface area contributed by atoms with Crippen LogP contribution in [0.5, 0.6) is 5.75 Å². The summed E-state index contributed by atoms with van der Waals surface area (Å²) in [6.45, 7) is 2.07. The second-order valence-corrected chi connectivity index (χ2v) is 5.28. The number of carbonyl (C=O) groups is 1. The Bertz CT molecular complexity index is 840. The number of nitrogens with zero attached hydrogens (tertiary/aromatic N) is 1. The first-order chi connectivity index (χ1) is 11.2. The van der Waals surface area contributed by atoms with E-state index in [1.54, 1.807) is 19.2 Å². The van der Waals surface area contributed by atoms with Crippen molar-refractivity contribution in [3.05, 3.63) is 59.4 Å². The van der Waals surface area contributed by atoms with Gasteiger partial charge in [0.15, 0.2) is 0 Å². The van der Waals surface area contributed by atoms with Gasteiger partial charge in [-0.15, -0.1) is 0 Å². The lowest BCUT2D eigenvalue weighted by Crippen LogP contribution is -2.02. The number of nitrogens with one attached hydrogen (secondary N) is 1. The van der Waals surface area contributed by atoms with Gasteiger partial charge >= 0.3 is 5.97 Å². The van der Waals surface area contributed by atoms with Gasteiger partial charge in [-0.05, 0) is 17.7 Å². The fourth-order valence-electron chi connectivity index (χ4n) is 2.64. The summed E-state index contributed by atoms with van der Waals surface area (Å²) in [6.07, 6.45) is 0. The Labute approximate surface area is 134 Å². The van der Waals surface area contributed by atoms with E-state index in [1.165, 1.54) is 7.11 Å². The number of ether oxygens (including phenoxy) is 2. The van der Waals surface area contributed by atoms with Gasteiger partial charge in [0.1, 0.15) is 22.6 Å². The van der Waals surface area contributed by atoms with E-state index in [9.17, 15) is 4.79 Å². The molecule has 2 aromatic carbocycles. The number of carbonyl (C=O) groups excluding carboxylic acids is 1. The molecule has 0 radical (unpaired) electrons. The van der Waals surface area contributed by atoms with Gasteiger partial charge in [-0.3, -0.25) is 0 Å². The van der Waals surface area contributed by atoms with Crippen molar-refractivity contribution in [1.82, 2.24) is 9.97 Å². The van der Waals surface area contributed by atoms with E-state index in [4.69, 9.17) is 9.47 Å². The van der Waals surface area contributed by atoms with Crippen molar-refractivity contribution in [3.63, 3.8) is 0 Å². The summed E-state index contributed by atoms with van der Waals surface area (Å²) in [6, 6.07) is 13.5. The van der Waals surface area contributed by atoms with E-state index in [1.807, 2.05) is 18.2 Å². The molecule has 3 aromatic rings. The highest BCUT2D eigenvalue weighted by Gasteiger charge is 2.20. The van der Waals surface area contributed by atoms with E-state index < -0.39 is 5.97 Å². The van der Waals surface area contributed by atoms with Gasteiger partial charge in [0.25, 0.3) is 0 Å². The summed E-state index contributed by atoms with van der Waals surface area (Å²) >= 11 is 0. The number of imidazole rings is 1. The molecule has 1 aromatic heterocycles. The van der Waals surface area contributed by atoms with Crippen LogP contribution in [0.3, 0.4) is 0 Å². The molecule has 0 aliphatic carbocycles. The molecular weight excluding hydrogens is 292 g/mol. The number of aromatic nitrogens is 2. The zero-order valence-corrected chi connectivity index (χ0v) is 13.3. The maximum Gasteiger partial charge on any atom is 0.340 e. The van der Waals surface area contributed by atoms with Gasteiger partial charge in [0.2, 0.25) is 0 Å². The fourth-order valence-corrected chi connectivity index (χ4v) is 2.64. The monoisotopic (exact) mass is 310 g/mol. The minimum absolute atomic E-state index is 0.0683. The van der Waals surface area contributed by atoms with Crippen LogP contribution in [-0.4, -0.2) is 30.2 Å². The molecule has 23 heavy (non-hydrogen) atoms. The van der Waals surface area contributed by atoms with E-state index in [2.05, 4.69) is 29.0 Å². The molecule has 1 N–H and O–H groups in total. The van der Waals surface area contributed by atoms with Crippen LogP contribution in [0.25, 0.3) is 11.0 Å². The number of methoxy groups -OCH3 is 2. The number of H-pyrrole nitrogens is 1. The lowest BCUT2D eigenvalue weighted by atomic mass is 10.0. The van der Waals surface area contributed by atoms with Gasteiger partial charge in [-0.25, -0.2) is 9.78 Å². The van der Waals surface area contributed by atoms with Crippen LogP contribution in [0.1, 0.15) is 34.6 Å². The lowest BCUT2D eigenvalue weighted by molar-refractivity contribution is 0.0603. The largest absolute Gasteiger partial charge is 0.494 e. The molecule has 1 unspecified atom stereocenters. The zero-order chi connectivity index (χ0) is 16.4. The van der Waals surface area contributed by atoms with E-state index >= 15 is 0 Å². The average molecular weight is 310 g/mol. The van der Waals surface area contributed by atoms with Gasteiger partial charge in [-0.2, -0.15) is 0 Å². The van der Waals surface area contributed by atoms with E-state index in [-0.39, 0.29) is 5.92 Å². The fraction of sp³-hybridized carbons (Fsp3) is 0.222. The van der Waals surface area contributed by atoms with Gasteiger partial charge in [0, 0.05) is 5.92 Å². The molecule has 0 fully saturated rings. The summed E-state index contributed by atoms with van der Waals surface area (Å²) in [5, 5.41) is 0. The van der Waals surface area contributed by atoms with Crippen LogP contribution in [0.15, 0.2) is 42.5 Å². The molecule has 0 saturated carbocycles. The number of hydrogen-bond acceptors (Lipinski definition) is 4. The van der Waals surface area contributed by atoms with Crippen molar-refractivity contribution in [3.8, 4) is 5.75 Å². The molecule has 118 valence electrons. The molecule has 5 nitrogen and oxygen atoms in total. The second kappa shape index (κ2) is 6.12. The highest BCUT2D eigenvalue weighted by Crippen LogP contribution is 2.30. The van der Waals surface area contributed by atoms with Crippen molar-refractivity contribution in [1.29, 1.82) is 0 Å². The third kappa shape index (κ3) is 2.65. The zero-order valence-electron chi connectivity index (χ0n) is 13.3. The third-order valence-corrected chi connectivity index (χ3v) is 3.96. The topological polar surface area (TPSA) is 64.2 Å². The van der Waals surface area contributed by atoms with Gasteiger partial charge in [-0.1, -0.05) is 37.3 Å². The van der Waals surface area contributed by atoms with Gasteiger partial charge < -0.3 is 14.5 Å². The number of esters is 1. The van der Waals surface area contributed by atoms with E-state index in [0.717, 1.165) is 11.4 Å². The standard InChI is InChI=1S/C18H18N2O3/c1-11(12-7-5-4-6-8-12)17-19-15-13(18(21)23-3)9-10-14(22-2)16(15)20-17/h4-11H,1-3H3,(H,19,20). The molecule has 1 atom stereocenters. The number of benzene rings is 2. The molecule has 0 saturated heterocycles. The molecule has 1 heterocycles. The SMILES string of the molecule is COC(=O)c1ccc(OC)c2[nH]c(C(C)c3ccccc3)nc12. The molecular formula is C18H18N2O3. The Morgan fingerprint density at radius 1 is 1.13 bits per heavy atom. The maximum atomic E-state index is 12.0. The Balaban J connectivity index is 2.15. The minimum atomic E-state index is -0.414. The van der Waals surface area contributed by atoms with Crippen molar-refractivity contribution in [2.24, 2.45) is 0 Å². The summed E-state index contributed by atoms with van der Waals surface area (Å²) in [5.74, 6) is 1.08. The maximum absolute atomic E-state index is 12.0. The number of aromatic amines is 1. The number of fused-ring (bicyclic) bond motifs is 1. The van der Waals surface area contributed by atoms with Crippen molar-refractivity contribution >= 4 is 17.0 Å².